The quantitative estimate of drug-likeness (QED) is 0.730. The van der Waals surface area contributed by atoms with Crippen molar-refractivity contribution in [1.82, 2.24) is 20.2 Å². The summed E-state index contributed by atoms with van der Waals surface area (Å²) in [6.07, 6.45) is 0. The number of para-hydroxylation sites is 2. The molecule has 0 spiro atoms. The molecule has 0 saturated heterocycles. The fraction of sp³-hybridized carbons (Fsp3) is 0.176. The fourth-order valence-electron chi connectivity index (χ4n) is 2.20. The van der Waals surface area contributed by atoms with Gasteiger partial charge in [0.15, 0.2) is 5.82 Å². The summed E-state index contributed by atoms with van der Waals surface area (Å²) in [7, 11) is -1.46. The highest BCUT2D eigenvalue weighted by molar-refractivity contribution is 7.85. The summed E-state index contributed by atoms with van der Waals surface area (Å²) in [5, 5.41) is 13.6. The molecule has 0 fully saturated rings. The van der Waals surface area contributed by atoms with Crippen LogP contribution in [0.2, 0.25) is 0 Å². The Kier molecular flexibility index (Phi) is 5.30. The van der Waals surface area contributed by atoms with Crippen LogP contribution in [0.4, 0.5) is 5.69 Å². The fourth-order valence-corrected chi connectivity index (χ4v) is 3.18. The molecule has 0 radical (unpaired) electrons. The zero-order valence-corrected chi connectivity index (χ0v) is 14.4. The third-order valence-electron chi connectivity index (χ3n) is 3.61. The van der Waals surface area contributed by atoms with Crippen molar-refractivity contribution >= 4 is 22.4 Å². The first kappa shape index (κ1) is 17.0. The van der Waals surface area contributed by atoms with Gasteiger partial charge in [0.2, 0.25) is 5.91 Å². The molecule has 1 aromatic heterocycles. The number of hydrogen-bond acceptors (Lipinski definition) is 5. The van der Waals surface area contributed by atoms with E-state index < -0.39 is 16.0 Å². The molecule has 128 valence electrons. The van der Waals surface area contributed by atoms with E-state index in [9.17, 15) is 9.00 Å². The summed E-state index contributed by atoms with van der Waals surface area (Å²) in [4.78, 5) is 12.3. The number of carbonyl (C=O) groups excluding carboxylic acids is 1. The van der Waals surface area contributed by atoms with E-state index in [2.05, 4.69) is 20.8 Å². The van der Waals surface area contributed by atoms with Gasteiger partial charge in [-0.25, -0.2) is 0 Å². The van der Waals surface area contributed by atoms with Crippen molar-refractivity contribution in [3.8, 4) is 5.69 Å². The largest absolute Gasteiger partial charge is 0.325 e. The molecule has 0 aliphatic carbocycles. The van der Waals surface area contributed by atoms with Crippen LogP contribution in [-0.4, -0.2) is 35.6 Å². The number of aromatic nitrogens is 4. The van der Waals surface area contributed by atoms with E-state index in [1.807, 2.05) is 48.5 Å². The summed E-state index contributed by atoms with van der Waals surface area (Å²) < 4.78 is 14.1. The molecule has 3 rings (SSSR count). The Hall–Kier alpha value is -2.87. The van der Waals surface area contributed by atoms with Crippen LogP contribution in [0, 0.1) is 0 Å². The number of benzene rings is 2. The predicted molar refractivity (Wildman–Crippen MR) is 95.5 cm³/mol. The average molecular weight is 355 g/mol. The van der Waals surface area contributed by atoms with Gasteiger partial charge >= 0.3 is 0 Å². The summed E-state index contributed by atoms with van der Waals surface area (Å²) in [6.45, 7) is 1.63. The summed E-state index contributed by atoms with van der Waals surface area (Å²) in [5.74, 6) is 0.234. The maximum absolute atomic E-state index is 12.6. The van der Waals surface area contributed by atoms with Crippen LogP contribution in [-0.2, 0) is 21.3 Å². The van der Waals surface area contributed by atoms with Crippen molar-refractivity contribution in [3.63, 3.8) is 0 Å². The highest BCUT2D eigenvalue weighted by atomic mass is 32.2. The third kappa shape index (κ3) is 4.16. The Balaban J connectivity index is 1.68. The van der Waals surface area contributed by atoms with Gasteiger partial charge in [0, 0.05) is 16.5 Å². The van der Waals surface area contributed by atoms with Gasteiger partial charge < -0.3 is 5.32 Å². The van der Waals surface area contributed by atoms with Crippen LogP contribution in [0.25, 0.3) is 5.69 Å². The van der Waals surface area contributed by atoms with Crippen molar-refractivity contribution in [2.75, 3.05) is 5.32 Å². The Bertz CT molecular complexity index is 867. The van der Waals surface area contributed by atoms with Crippen molar-refractivity contribution in [2.24, 2.45) is 0 Å². The maximum Gasteiger partial charge on any atom is 0.239 e. The van der Waals surface area contributed by atoms with Crippen molar-refractivity contribution in [3.05, 3.63) is 66.5 Å². The Morgan fingerprint density at radius 1 is 1.12 bits per heavy atom. The SMILES string of the molecule is C[C@H](C(=O)Nc1ccccc1)[S@@](=O)Cc1nnnn1-c1ccccc1. The Morgan fingerprint density at radius 3 is 2.44 bits per heavy atom. The van der Waals surface area contributed by atoms with Gasteiger partial charge in [0.1, 0.15) is 5.25 Å². The average Bonchev–Trinajstić information content (AvgIpc) is 3.10. The molecule has 7 nitrogen and oxygen atoms in total. The van der Waals surface area contributed by atoms with E-state index in [4.69, 9.17) is 0 Å². The second kappa shape index (κ2) is 7.80. The first-order chi connectivity index (χ1) is 12.1. The zero-order chi connectivity index (χ0) is 17.6. The van der Waals surface area contributed by atoms with Gasteiger partial charge in [0.25, 0.3) is 0 Å². The lowest BCUT2D eigenvalue weighted by Crippen LogP contribution is -2.30. The van der Waals surface area contributed by atoms with Gasteiger partial charge in [-0.05, 0) is 41.6 Å². The highest BCUT2D eigenvalue weighted by Crippen LogP contribution is 2.12. The normalized spacial score (nSPS) is 13.2. The zero-order valence-electron chi connectivity index (χ0n) is 13.6. The topological polar surface area (TPSA) is 89.8 Å². The molecule has 0 aliphatic rings. The molecule has 25 heavy (non-hydrogen) atoms. The van der Waals surface area contributed by atoms with Gasteiger partial charge in [-0.15, -0.1) is 5.10 Å². The van der Waals surface area contributed by atoms with Gasteiger partial charge in [-0.2, -0.15) is 4.68 Å². The molecule has 0 bridgehead atoms. The van der Waals surface area contributed by atoms with E-state index in [1.165, 1.54) is 4.68 Å². The predicted octanol–water partition coefficient (Wildman–Crippen LogP) is 1.94. The first-order valence-electron chi connectivity index (χ1n) is 7.71. The number of carbonyl (C=O) groups is 1. The van der Waals surface area contributed by atoms with E-state index in [0.29, 0.717) is 11.5 Å². The number of nitrogens with zero attached hydrogens (tertiary/aromatic N) is 4. The molecule has 1 N–H and O–H groups in total. The lowest BCUT2D eigenvalue weighted by molar-refractivity contribution is -0.115. The summed E-state index contributed by atoms with van der Waals surface area (Å²) in [5.41, 5.74) is 1.45. The number of amides is 1. The molecule has 0 aliphatic heterocycles. The van der Waals surface area contributed by atoms with Gasteiger partial charge in [-0.1, -0.05) is 36.4 Å². The molecule has 3 aromatic rings. The van der Waals surface area contributed by atoms with Crippen LogP contribution in [0.15, 0.2) is 60.7 Å². The summed E-state index contributed by atoms with van der Waals surface area (Å²) >= 11 is 0. The maximum atomic E-state index is 12.6. The van der Waals surface area contributed by atoms with E-state index >= 15 is 0 Å². The first-order valence-corrected chi connectivity index (χ1v) is 9.09. The molecular formula is C17H17N5O2S. The van der Waals surface area contributed by atoms with Crippen LogP contribution >= 0.6 is 0 Å². The number of rotatable bonds is 6. The van der Waals surface area contributed by atoms with Crippen molar-refractivity contribution < 1.29 is 9.00 Å². The number of hydrogen-bond donors (Lipinski definition) is 1. The summed E-state index contributed by atoms with van der Waals surface area (Å²) in [6, 6.07) is 18.4. The molecule has 8 heteroatoms. The number of anilines is 1. The lowest BCUT2D eigenvalue weighted by atomic mass is 10.3. The minimum absolute atomic E-state index is 0.0886. The van der Waals surface area contributed by atoms with E-state index in [-0.39, 0.29) is 11.7 Å². The molecule has 2 atom stereocenters. The minimum atomic E-state index is -1.46. The molecule has 1 amide bonds. The lowest BCUT2D eigenvalue weighted by Gasteiger charge is -2.12. The van der Waals surface area contributed by atoms with Crippen LogP contribution in [0.1, 0.15) is 12.7 Å². The standard InChI is InChI=1S/C17H17N5O2S/c1-13(17(23)18-14-8-4-2-5-9-14)25(24)12-16-19-20-21-22(16)15-10-6-3-7-11-15/h2-11,13H,12H2,1H3,(H,18,23)/t13-,25+/m1/s1. The Labute approximate surface area is 147 Å². The molecule has 1 heterocycles. The number of tetrazole rings is 1. The van der Waals surface area contributed by atoms with Crippen LogP contribution < -0.4 is 5.32 Å². The van der Waals surface area contributed by atoms with E-state index in [0.717, 1.165) is 5.69 Å². The monoisotopic (exact) mass is 355 g/mol. The third-order valence-corrected chi connectivity index (χ3v) is 5.16. The molecular weight excluding hydrogens is 338 g/mol. The number of nitrogens with one attached hydrogen (secondary N) is 1. The van der Waals surface area contributed by atoms with E-state index in [1.54, 1.807) is 19.1 Å². The Morgan fingerprint density at radius 2 is 1.76 bits per heavy atom. The second-order valence-electron chi connectivity index (χ2n) is 5.37. The van der Waals surface area contributed by atoms with Crippen LogP contribution in [0.3, 0.4) is 0 Å². The highest BCUT2D eigenvalue weighted by Gasteiger charge is 2.22. The molecule has 0 unspecified atom stereocenters. The van der Waals surface area contributed by atoms with Crippen molar-refractivity contribution in [2.45, 2.75) is 17.9 Å². The van der Waals surface area contributed by atoms with Gasteiger partial charge in [-0.3, -0.25) is 9.00 Å². The molecule has 0 saturated carbocycles. The molecule has 2 aromatic carbocycles. The van der Waals surface area contributed by atoms with Gasteiger partial charge in [0.05, 0.1) is 11.4 Å². The second-order valence-corrected chi connectivity index (χ2v) is 7.12. The van der Waals surface area contributed by atoms with Crippen LogP contribution in [0.5, 0.6) is 0 Å². The van der Waals surface area contributed by atoms with Crippen molar-refractivity contribution in [1.29, 1.82) is 0 Å². The smallest absolute Gasteiger partial charge is 0.239 e. The minimum Gasteiger partial charge on any atom is -0.325 e.